The van der Waals surface area contributed by atoms with Crippen LogP contribution in [0.5, 0.6) is 0 Å². The fourth-order valence-corrected chi connectivity index (χ4v) is 5.18. The van der Waals surface area contributed by atoms with Gasteiger partial charge in [-0.05, 0) is 33.3 Å². The van der Waals surface area contributed by atoms with Crippen LogP contribution >= 0.6 is 34.4 Å². The lowest BCUT2D eigenvalue weighted by Crippen LogP contribution is -2.14. The Hall–Kier alpha value is -2.04. The molecule has 0 aliphatic rings. The van der Waals surface area contributed by atoms with Crippen LogP contribution in [0.4, 0.5) is 5.13 Å². The molecule has 0 saturated carbocycles. The van der Waals surface area contributed by atoms with Crippen LogP contribution in [0.2, 0.25) is 0 Å². The predicted molar refractivity (Wildman–Crippen MR) is 109 cm³/mol. The van der Waals surface area contributed by atoms with E-state index in [0.717, 1.165) is 32.1 Å². The third kappa shape index (κ3) is 4.28. The minimum atomic E-state index is -0.422. The zero-order chi connectivity index (χ0) is 19.6. The van der Waals surface area contributed by atoms with Crippen LogP contribution in [0, 0.1) is 20.8 Å². The van der Waals surface area contributed by atoms with Gasteiger partial charge in [0.2, 0.25) is 5.91 Å². The molecule has 0 saturated heterocycles. The first-order chi connectivity index (χ1) is 12.9. The number of fused-ring (bicyclic) bond motifs is 1. The number of ether oxygens (including phenoxy) is 1. The number of nitrogens with one attached hydrogen (secondary N) is 1. The minimum Gasteiger partial charge on any atom is -0.462 e. The monoisotopic (exact) mass is 422 g/mol. The molecular formula is C17H18N4O3S3. The van der Waals surface area contributed by atoms with Crippen molar-refractivity contribution in [1.29, 1.82) is 0 Å². The maximum absolute atomic E-state index is 12.3. The number of aromatic nitrogens is 3. The normalized spacial score (nSPS) is 11.0. The third-order valence-corrected chi connectivity index (χ3v) is 6.93. The fourth-order valence-electron chi connectivity index (χ4n) is 2.38. The number of esters is 1. The summed E-state index contributed by atoms with van der Waals surface area (Å²) in [5.74, 6) is -0.442. The highest BCUT2D eigenvalue weighted by Gasteiger charge is 2.18. The maximum Gasteiger partial charge on any atom is 0.350 e. The number of carbonyl (C=O) groups excluding carboxylic acids is 2. The summed E-state index contributed by atoms with van der Waals surface area (Å²) in [5, 5.41) is 4.92. The molecule has 3 rings (SSSR count). The van der Waals surface area contributed by atoms with Crippen LogP contribution in [-0.4, -0.2) is 39.2 Å². The standard InChI is InChI=1S/C17H18N4O3S3/c1-5-24-16(23)13-9(3)20-17(27-13)21-11(22)6-25-14-12-8(2)10(4)26-15(12)19-7-18-14/h7H,5-6H2,1-4H3,(H,20,21,22). The summed E-state index contributed by atoms with van der Waals surface area (Å²) in [4.78, 5) is 39.5. The van der Waals surface area contributed by atoms with Crippen molar-refractivity contribution >= 4 is 61.7 Å². The van der Waals surface area contributed by atoms with Crippen LogP contribution < -0.4 is 5.32 Å². The first-order valence-electron chi connectivity index (χ1n) is 8.18. The number of hydrogen-bond donors (Lipinski definition) is 1. The maximum atomic E-state index is 12.3. The number of thioether (sulfide) groups is 1. The molecule has 0 aliphatic heterocycles. The van der Waals surface area contributed by atoms with Gasteiger partial charge in [-0.2, -0.15) is 0 Å². The van der Waals surface area contributed by atoms with E-state index in [1.165, 1.54) is 23.0 Å². The van der Waals surface area contributed by atoms with E-state index in [2.05, 4.69) is 27.2 Å². The molecule has 142 valence electrons. The summed E-state index contributed by atoms with van der Waals surface area (Å²) < 4.78 is 4.99. The van der Waals surface area contributed by atoms with E-state index in [1.54, 1.807) is 25.2 Å². The van der Waals surface area contributed by atoms with E-state index in [4.69, 9.17) is 4.74 Å². The van der Waals surface area contributed by atoms with E-state index < -0.39 is 5.97 Å². The highest BCUT2D eigenvalue weighted by molar-refractivity contribution is 8.00. The molecule has 3 aromatic rings. The number of thiophene rings is 1. The lowest BCUT2D eigenvalue weighted by molar-refractivity contribution is -0.113. The molecule has 27 heavy (non-hydrogen) atoms. The number of rotatable bonds is 6. The number of aryl methyl sites for hydroxylation is 3. The topological polar surface area (TPSA) is 94.1 Å². The molecule has 10 heteroatoms. The summed E-state index contributed by atoms with van der Waals surface area (Å²) in [6, 6.07) is 0. The van der Waals surface area contributed by atoms with Crippen molar-refractivity contribution in [2.45, 2.75) is 32.7 Å². The Bertz CT molecular complexity index is 1010. The Labute approximate surface area is 168 Å². The molecule has 0 atom stereocenters. The molecule has 3 heterocycles. The van der Waals surface area contributed by atoms with Gasteiger partial charge < -0.3 is 10.1 Å². The van der Waals surface area contributed by atoms with Gasteiger partial charge >= 0.3 is 5.97 Å². The summed E-state index contributed by atoms with van der Waals surface area (Å²) in [7, 11) is 0. The van der Waals surface area contributed by atoms with Gasteiger partial charge in [0.15, 0.2) is 5.13 Å². The number of hydrogen-bond acceptors (Lipinski definition) is 9. The molecular weight excluding hydrogens is 404 g/mol. The molecule has 0 spiro atoms. The predicted octanol–water partition coefficient (Wildman–Crippen LogP) is 3.98. The van der Waals surface area contributed by atoms with Crippen molar-refractivity contribution in [3.05, 3.63) is 27.3 Å². The van der Waals surface area contributed by atoms with Gasteiger partial charge in [0.25, 0.3) is 0 Å². The van der Waals surface area contributed by atoms with Crippen molar-refractivity contribution < 1.29 is 14.3 Å². The molecule has 3 aromatic heterocycles. The lowest BCUT2D eigenvalue weighted by Gasteiger charge is -2.03. The largest absolute Gasteiger partial charge is 0.462 e. The van der Waals surface area contributed by atoms with E-state index in [0.29, 0.717) is 22.3 Å². The number of anilines is 1. The Balaban J connectivity index is 1.67. The summed E-state index contributed by atoms with van der Waals surface area (Å²) >= 11 is 4.10. The SMILES string of the molecule is CCOC(=O)c1sc(NC(=O)CSc2ncnc3sc(C)c(C)c23)nc1C. The Morgan fingerprint density at radius 1 is 1.22 bits per heavy atom. The zero-order valence-electron chi connectivity index (χ0n) is 15.3. The number of carbonyl (C=O) groups is 2. The average Bonchev–Trinajstić information content (AvgIpc) is 3.13. The summed E-state index contributed by atoms with van der Waals surface area (Å²) in [6.07, 6.45) is 1.52. The van der Waals surface area contributed by atoms with Gasteiger partial charge in [0.05, 0.1) is 18.1 Å². The lowest BCUT2D eigenvalue weighted by atomic mass is 10.2. The minimum absolute atomic E-state index is 0.188. The van der Waals surface area contributed by atoms with Crippen molar-refractivity contribution in [2.24, 2.45) is 0 Å². The van der Waals surface area contributed by atoms with Gasteiger partial charge in [-0.1, -0.05) is 23.1 Å². The van der Waals surface area contributed by atoms with Crippen molar-refractivity contribution in [3.63, 3.8) is 0 Å². The molecule has 0 aliphatic carbocycles. The molecule has 1 N–H and O–H groups in total. The van der Waals surface area contributed by atoms with Gasteiger partial charge in [-0.15, -0.1) is 11.3 Å². The molecule has 0 fully saturated rings. The fraction of sp³-hybridized carbons (Fsp3) is 0.353. The van der Waals surface area contributed by atoms with Gasteiger partial charge in [-0.25, -0.2) is 19.7 Å². The van der Waals surface area contributed by atoms with Crippen molar-refractivity contribution in [3.8, 4) is 0 Å². The second-order valence-corrected chi connectivity index (χ2v) is 8.80. The smallest absolute Gasteiger partial charge is 0.350 e. The molecule has 0 radical (unpaired) electrons. The number of thiazole rings is 1. The number of amides is 1. The zero-order valence-corrected chi connectivity index (χ0v) is 17.7. The first kappa shape index (κ1) is 19.7. The van der Waals surface area contributed by atoms with E-state index in [1.807, 2.05) is 6.92 Å². The second kappa shape index (κ2) is 8.32. The molecule has 0 unspecified atom stereocenters. The summed E-state index contributed by atoms with van der Waals surface area (Å²) in [5.41, 5.74) is 1.69. The third-order valence-electron chi connectivity index (χ3n) is 3.77. The van der Waals surface area contributed by atoms with Crippen LogP contribution in [0.1, 0.15) is 32.7 Å². The molecule has 0 aromatic carbocycles. The summed E-state index contributed by atoms with van der Waals surface area (Å²) in [6.45, 7) is 7.84. The van der Waals surface area contributed by atoms with E-state index in [-0.39, 0.29) is 11.7 Å². The van der Waals surface area contributed by atoms with E-state index in [9.17, 15) is 9.59 Å². The Morgan fingerprint density at radius 2 is 2.00 bits per heavy atom. The first-order valence-corrected chi connectivity index (χ1v) is 10.8. The quantitative estimate of drug-likeness (QED) is 0.365. The van der Waals surface area contributed by atoms with Gasteiger partial charge in [0, 0.05) is 10.3 Å². The Morgan fingerprint density at radius 3 is 2.74 bits per heavy atom. The highest BCUT2D eigenvalue weighted by atomic mass is 32.2. The Kier molecular flexibility index (Phi) is 6.08. The molecule has 1 amide bonds. The van der Waals surface area contributed by atoms with Crippen molar-refractivity contribution in [2.75, 3.05) is 17.7 Å². The van der Waals surface area contributed by atoms with Gasteiger partial charge in [0.1, 0.15) is 21.1 Å². The van der Waals surface area contributed by atoms with Gasteiger partial charge in [-0.3, -0.25) is 4.79 Å². The molecule has 7 nitrogen and oxygen atoms in total. The van der Waals surface area contributed by atoms with Crippen LogP contribution in [-0.2, 0) is 9.53 Å². The van der Waals surface area contributed by atoms with Crippen LogP contribution in [0.15, 0.2) is 11.4 Å². The highest BCUT2D eigenvalue weighted by Crippen LogP contribution is 2.34. The molecule has 0 bridgehead atoms. The van der Waals surface area contributed by atoms with Crippen LogP contribution in [0.25, 0.3) is 10.2 Å². The van der Waals surface area contributed by atoms with Crippen LogP contribution in [0.3, 0.4) is 0 Å². The second-order valence-electron chi connectivity index (χ2n) is 5.63. The van der Waals surface area contributed by atoms with E-state index >= 15 is 0 Å². The van der Waals surface area contributed by atoms with Crippen molar-refractivity contribution in [1.82, 2.24) is 15.0 Å². The number of nitrogens with zero attached hydrogens (tertiary/aromatic N) is 3. The average molecular weight is 423 g/mol.